The van der Waals surface area contributed by atoms with E-state index in [4.69, 9.17) is 0 Å². The molecule has 2 aromatic carbocycles. The third-order valence-corrected chi connectivity index (χ3v) is 6.65. The van der Waals surface area contributed by atoms with Crippen LogP contribution in [0, 0.1) is 27.7 Å². The lowest BCUT2D eigenvalue weighted by atomic mass is 10.3. The van der Waals surface area contributed by atoms with E-state index < -0.39 is 0 Å². The van der Waals surface area contributed by atoms with Gasteiger partial charge in [-0.1, -0.05) is 106 Å². The Bertz CT molecular complexity index is 1300. The number of hydrogen-bond acceptors (Lipinski definition) is 7. The molecule has 0 saturated carbocycles. The van der Waals surface area contributed by atoms with Gasteiger partial charge in [0.2, 0.25) is 5.95 Å². The largest absolute Gasteiger partial charge is 0.421 e. The molecule has 4 aromatic rings. The lowest BCUT2D eigenvalue weighted by molar-refractivity contribution is -0.664. The van der Waals surface area contributed by atoms with Crippen molar-refractivity contribution in [3.05, 3.63) is 83.4 Å². The molecule has 0 spiro atoms. The van der Waals surface area contributed by atoms with Crippen LogP contribution in [0.25, 0.3) is 0 Å². The summed E-state index contributed by atoms with van der Waals surface area (Å²) in [4.78, 5) is 8.37. The molecule has 0 saturated heterocycles. The molecule has 0 aliphatic rings. The normalized spacial score (nSPS) is 8.92. The minimum atomic E-state index is 0.669. The first-order chi connectivity index (χ1) is 24.4. The Morgan fingerprint density at radius 1 is 0.549 bits per heavy atom. The Morgan fingerprint density at radius 3 is 1.12 bits per heavy atom. The Hall–Kier alpha value is -4.34. The fourth-order valence-electron chi connectivity index (χ4n) is 3.56. The van der Waals surface area contributed by atoms with Crippen LogP contribution in [0.5, 0.6) is 0 Å². The maximum absolute atomic E-state index is 4.20. The number of nitrogens with zero attached hydrogens (tertiary/aromatic N) is 10. The van der Waals surface area contributed by atoms with Crippen molar-refractivity contribution in [2.24, 2.45) is 41.6 Å². The van der Waals surface area contributed by atoms with Crippen LogP contribution in [0.15, 0.2) is 81.1 Å². The number of rotatable bonds is 4. The summed E-state index contributed by atoms with van der Waals surface area (Å²) in [5, 5.41) is 15.3. The smallest absolute Gasteiger partial charge is 0.378 e. The summed E-state index contributed by atoms with van der Waals surface area (Å²) in [5.41, 5.74) is 7.08. The van der Waals surface area contributed by atoms with Crippen LogP contribution in [-0.4, -0.2) is 56.4 Å². The molecule has 0 radical (unpaired) electrons. The van der Waals surface area contributed by atoms with Crippen LogP contribution in [0.4, 0.5) is 23.3 Å². The third kappa shape index (κ3) is 22.9. The van der Waals surface area contributed by atoms with Crippen molar-refractivity contribution in [2.75, 3.05) is 52.1 Å². The van der Waals surface area contributed by atoms with Gasteiger partial charge in [-0.25, -0.2) is 14.1 Å². The van der Waals surface area contributed by atoms with E-state index in [1.54, 1.807) is 14.1 Å². The monoisotopic (exact) mass is 712 g/mol. The van der Waals surface area contributed by atoms with Gasteiger partial charge in [0.25, 0.3) is 0 Å². The summed E-state index contributed by atoms with van der Waals surface area (Å²) < 4.78 is 5.98. The molecule has 10 nitrogen and oxygen atoms in total. The molecule has 292 valence electrons. The fourth-order valence-corrected chi connectivity index (χ4v) is 3.56. The van der Waals surface area contributed by atoms with Gasteiger partial charge >= 0.3 is 5.95 Å². The minimum absolute atomic E-state index is 0.669. The number of benzene rings is 2. The van der Waals surface area contributed by atoms with Gasteiger partial charge in [-0.2, -0.15) is 5.11 Å². The van der Waals surface area contributed by atoms with Gasteiger partial charge in [-0.3, -0.25) is 0 Å². The highest BCUT2D eigenvalue weighted by atomic mass is 15.3. The van der Waals surface area contributed by atoms with Gasteiger partial charge < -0.3 is 14.4 Å². The van der Waals surface area contributed by atoms with E-state index in [1.165, 1.54) is 22.8 Å². The van der Waals surface area contributed by atoms with Crippen LogP contribution in [0.2, 0.25) is 0 Å². The maximum Gasteiger partial charge on any atom is 0.421 e. The zero-order valence-corrected chi connectivity index (χ0v) is 37.2. The molecular formula is C41H79N10+. The molecule has 0 bridgehead atoms. The standard InChI is InChI=1S/C8H15N4.2C8H11N.C7H12N4.5C2H6/c1-6-7(2)12(5)8(10-9-3)11(6)4;2*1-9(2)8-6-4-3-5-7-8;1-5-6(2)11(4)7(9-5)10-8-3;5*1-2/h1-5H3;2*3-7H,1-2H3;1-4H3;5*1-2H3/q+1;;;;;;;;. The molecule has 2 aromatic heterocycles. The Morgan fingerprint density at radius 2 is 0.902 bits per heavy atom. The number of para-hydroxylation sites is 2. The molecule has 4 rings (SSSR count). The van der Waals surface area contributed by atoms with Gasteiger partial charge in [0, 0.05) is 64.5 Å². The topological polar surface area (TPSA) is 82.5 Å². The van der Waals surface area contributed by atoms with Crippen LogP contribution < -0.4 is 14.4 Å². The predicted octanol–water partition coefficient (Wildman–Crippen LogP) is 11.6. The predicted molar refractivity (Wildman–Crippen MR) is 228 cm³/mol. The van der Waals surface area contributed by atoms with Crippen LogP contribution in [0.3, 0.4) is 0 Å². The van der Waals surface area contributed by atoms with Crippen molar-refractivity contribution in [1.29, 1.82) is 0 Å². The van der Waals surface area contributed by atoms with E-state index in [1.807, 2.05) is 183 Å². The molecule has 0 unspecified atom stereocenters. The van der Waals surface area contributed by atoms with E-state index in [2.05, 4.69) is 73.4 Å². The van der Waals surface area contributed by atoms with Crippen molar-refractivity contribution in [3.63, 3.8) is 0 Å². The molecule has 0 N–H and O–H groups in total. The first-order valence-corrected chi connectivity index (χ1v) is 18.4. The van der Waals surface area contributed by atoms with E-state index in [0.29, 0.717) is 5.95 Å². The second-order valence-electron chi connectivity index (χ2n) is 9.79. The highest BCUT2D eigenvalue weighted by Crippen LogP contribution is 2.15. The molecule has 2 heterocycles. The molecule has 0 amide bonds. The van der Waals surface area contributed by atoms with Crippen LogP contribution >= 0.6 is 0 Å². The highest BCUT2D eigenvalue weighted by Gasteiger charge is 2.18. The van der Waals surface area contributed by atoms with Gasteiger partial charge in [0.15, 0.2) is 0 Å². The summed E-state index contributed by atoms with van der Waals surface area (Å²) in [6.07, 6.45) is 0. The van der Waals surface area contributed by atoms with Crippen molar-refractivity contribution < 1.29 is 4.57 Å². The fraction of sp³-hybridized carbons (Fsp3) is 0.561. The molecular weight excluding hydrogens is 633 g/mol. The second-order valence-corrected chi connectivity index (χ2v) is 9.79. The first kappa shape index (κ1) is 56.1. The number of azo groups is 2. The average Bonchev–Trinajstić information content (AvgIpc) is 3.53. The van der Waals surface area contributed by atoms with Crippen LogP contribution in [-0.2, 0) is 21.1 Å². The van der Waals surface area contributed by atoms with E-state index in [0.717, 1.165) is 17.3 Å². The number of aryl methyl sites for hydroxylation is 1. The maximum atomic E-state index is 4.20. The zero-order valence-electron chi connectivity index (χ0n) is 37.2. The average molecular weight is 712 g/mol. The first-order valence-electron chi connectivity index (χ1n) is 18.4. The highest BCUT2D eigenvalue weighted by molar-refractivity contribution is 5.44. The minimum Gasteiger partial charge on any atom is -0.378 e. The SMILES string of the molecule is CC.CC.CC.CC.CC.CN(C)c1ccccc1.CN(C)c1ccccc1.CN=Nc1n(C)c(C)c(C)[n+]1C.CN=Nc1nc(C)c(C)n1C. The van der Waals surface area contributed by atoms with E-state index in [-0.39, 0.29) is 0 Å². The van der Waals surface area contributed by atoms with E-state index >= 15 is 0 Å². The Balaban J connectivity index is -0.000000171. The number of aromatic nitrogens is 4. The molecule has 0 fully saturated rings. The molecule has 0 aliphatic heterocycles. The van der Waals surface area contributed by atoms with Gasteiger partial charge in [0.1, 0.15) is 11.4 Å². The van der Waals surface area contributed by atoms with Crippen LogP contribution in [0.1, 0.15) is 92.0 Å². The second kappa shape index (κ2) is 36.9. The summed E-state index contributed by atoms with van der Waals surface area (Å²) >= 11 is 0. The van der Waals surface area contributed by atoms with Crippen molar-refractivity contribution in [1.82, 2.24) is 14.1 Å². The number of imidazole rings is 2. The lowest BCUT2D eigenvalue weighted by Gasteiger charge is -2.10. The number of hydrogen-bond donors (Lipinski definition) is 0. The van der Waals surface area contributed by atoms with Gasteiger partial charge in [-0.15, -0.1) is 10.2 Å². The molecule has 51 heavy (non-hydrogen) atoms. The van der Waals surface area contributed by atoms with Gasteiger partial charge in [0.05, 0.1) is 26.8 Å². The summed E-state index contributed by atoms with van der Waals surface area (Å²) in [6, 6.07) is 20.5. The molecule has 0 aliphatic carbocycles. The van der Waals surface area contributed by atoms with Crippen molar-refractivity contribution >= 4 is 23.3 Å². The third-order valence-electron chi connectivity index (χ3n) is 6.65. The van der Waals surface area contributed by atoms with Gasteiger partial charge in [-0.05, 0) is 52.0 Å². The zero-order chi connectivity index (χ0) is 41.1. The Labute approximate surface area is 315 Å². The van der Waals surface area contributed by atoms with Crippen molar-refractivity contribution in [2.45, 2.75) is 96.9 Å². The Kier molecular flexibility index (Phi) is 40.6. The van der Waals surface area contributed by atoms with E-state index in [9.17, 15) is 0 Å². The lowest BCUT2D eigenvalue weighted by Crippen LogP contribution is -2.29. The molecule has 0 atom stereocenters. The summed E-state index contributed by atoms with van der Waals surface area (Å²) in [7, 11) is 17.4. The summed E-state index contributed by atoms with van der Waals surface area (Å²) in [6.45, 7) is 28.1. The molecule has 10 heteroatoms. The van der Waals surface area contributed by atoms with Crippen molar-refractivity contribution in [3.8, 4) is 0 Å². The number of anilines is 2. The quantitative estimate of drug-likeness (QED) is 0.156. The summed E-state index contributed by atoms with van der Waals surface area (Å²) in [5.74, 6) is 1.55.